The van der Waals surface area contributed by atoms with Crippen LogP contribution in [0.5, 0.6) is 0 Å². The molecule has 0 aliphatic heterocycles. The van der Waals surface area contributed by atoms with Gasteiger partial charge in [0, 0.05) is 6.04 Å². The van der Waals surface area contributed by atoms with E-state index in [9.17, 15) is 9.18 Å². The molecular formula is C15H15FN2O. The molecule has 2 rings (SSSR count). The summed E-state index contributed by atoms with van der Waals surface area (Å²) in [6.07, 6.45) is 0.724. The Balaban J connectivity index is 1.95. The lowest BCUT2D eigenvalue weighted by Gasteiger charge is -2.13. The molecule has 0 radical (unpaired) electrons. The Kier molecular flexibility index (Phi) is 4.23. The van der Waals surface area contributed by atoms with Gasteiger partial charge in [-0.25, -0.2) is 4.98 Å². The first kappa shape index (κ1) is 13.2. The average molecular weight is 258 g/mol. The molecule has 1 heterocycles. The van der Waals surface area contributed by atoms with Gasteiger partial charge in [-0.1, -0.05) is 36.4 Å². The number of benzene rings is 1. The summed E-state index contributed by atoms with van der Waals surface area (Å²) in [5, 5.41) is 2.80. The van der Waals surface area contributed by atoms with E-state index in [0.29, 0.717) is 0 Å². The fourth-order valence-corrected chi connectivity index (χ4v) is 1.85. The van der Waals surface area contributed by atoms with Crippen LogP contribution in [0.25, 0.3) is 0 Å². The van der Waals surface area contributed by atoms with Crippen molar-refractivity contribution < 1.29 is 9.18 Å². The number of halogens is 1. The summed E-state index contributed by atoms with van der Waals surface area (Å²) < 4.78 is 12.9. The highest BCUT2D eigenvalue weighted by Crippen LogP contribution is 2.04. The normalized spacial score (nSPS) is 11.9. The molecule has 0 aliphatic carbocycles. The predicted octanol–water partition coefficient (Wildman–Crippen LogP) is 2.58. The van der Waals surface area contributed by atoms with E-state index in [1.165, 1.54) is 18.2 Å². The summed E-state index contributed by atoms with van der Waals surface area (Å²) in [6.45, 7) is 1.91. The quantitative estimate of drug-likeness (QED) is 0.856. The number of aromatic nitrogens is 1. The van der Waals surface area contributed by atoms with E-state index < -0.39 is 5.95 Å². The van der Waals surface area contributed by atoms with Crippen LogP contribution in [0, 0.1) is 5.95 Å². The zero-order valence-corrected chi connectivity index (χ0v) is 10.6. The van der Waals surface area contributed by atoms with Gasteiger partial charge in [-0.3, -0.25) is 4.79 Å². The number of hydrogen-bond acceptors (Lipinski definition) is 2. The lowest BCUT2D eigenvalue weighted by Crippen LogP contribution is -2.34. The molecule has 0 bridgehead atoms. The van der Waals surface area contributed by atoms with E-state index in [2.05, 4.69) is 10.3 Å². The maximum atomic E-state index is 12.9. The minimum Gasteiger partial charge on any atom is -0.348 e. The first-order valence-electron chi connectivity index (χ1n) is 6.12. The van der Waals surface area contributed by atoms with E-state index in [-0.39, 0.29) is 17.6 Å². The van der Waals surface area contributed by atoms with Gasteiger partial charge in [0.05, 0.1) is 0 Å². The molecule has 98 valence electrons. The largest absolute Gasteiger partial charge is 0.348 e. The summed E-state index contributed by atoms with van der Waals surface area (Å²) in [4.78, 5) is 15.4. The monoisotopic (exact) mass is 258 g/mol. The third kappa shape index (κ3) is 3.88. The Morgan fingerprint density at radius 3 is 2.63 bits per heavy atom. The highest BCUT2D eigenvalue weighted by Gasteiger charge is 2.11. The third-order valence-electron chi connectivity index (χ3n) is 2.71. The summed E-state index contributed by atoms with van der Waals surface area (Å²) in [5.41, 5.74) is 1.24. The summed E-state index contributed by atoms with van der Waals surface area (Å²) in [6, 6.07) is 14.0. The Bertz CT molecular complexity index is 557. The van der Waals surface area contributed by atoms with Crippen LogP contribution in [0.15, 0.2) is 48.5 Å². The SMILES string of the molecule is CC(Cc1ccccc1)NC(=O)c1cccc(F)n1. The number of rotatable bonds is 4. The molecule has 1 atom stereocenters. The van der Waals surface area contributed by atoms with E-state index >= 15 is 0 Å². The van der Waals surface area contributed by atoms with Crippen LogP contribution in [-0.4, -0.2) is 16.9 Å². The van der Waals surface area contributed by atoms with Gasteiger partial charge in [-0.15, -0.1) is 0 Å². The lowest BCUT2D eigenvalue weighted by atomic mass is 10.1. The Hall–Kier alpha value is -2.23. The molecule has 3 nitrogen and oxygen atoms in total. The van der Waals surface area contributed by atoms with Gasteiger partial charge in [-0.2, -0.15) is 4.39 Å². The van der Waals surface area contributed by atoms with Gasteiger partial charge >= 0.3 is 0 Å². The van der Waals surface area contributed by atoms with Crippen LogP contribution in [-0.2, 0) is 6.42 Å². The molecule has 1 aromatic heterocycles. The van der Waals surface area contributed by atoms with Crippen molar-refractivity contribution in [3.8, 4) is 0 Å². The van der Waals surface area contributed by atoms with E-state index in [0.717, 1.165) is 12.0 Å². The number of hydrogen-bond donors (Lipinski definition) is 1. The fourth-order valence-electron chi connectivity index (χ4n) is 1.85. The molecule has 0 fully saturated rings. The van der Waals surface area contributed by atoms with Crippen LogP contribution in [0.4, 0.5) is 4.39 Å². The molecule has 1 amide bonds. The first-order chi connectivity index (χ1) is 9.15. The molecule has 19 heavy (non-hydrogen) atoms. The maximum Gasteiger partial charge on any atom is 0.270 e. The molecular weight excluding hydrogens is 243 g/mol. The second kappa shape index (κ2) is 6.09. The summed E-state index contributed by atoms with van der Waals surface area (Å²) >= 11 is 0. The Morgan fingerprint density at radius 2 is 1.95 bits per heavy atom. The standard InChI is InChI=1S/C15H15FN2O/c1-11(10-12-6-3-2-4-7-12)17-15(19)13-8-5-9-14(16)18-13/h2-9,11H,10H2,1H3,(H,17,19). The molecule has 0 spiro atoms. The van der Waals surface area contributed by atoms with Crippen LogP contribution in [0.1, 0.15) is 23.0 Å². The first-order valence-corrected chi connectivity index (χ1v) is 6.12. The smallest absolute Gasteiger partial charge is 0.270 e. The van der Waals surface area contributed by atoms with Gasteiger partial charge < -0.3 is 5.32 Å². The number of pyridine rings is 1. The second-order valence-corrected chi connectivity index (χ2v) is 4.41. The van der Waals surface area contributed by atoms with Crippen molar-refractivity contribution in [3.63, 3.8) is 0 Å². The Labute approximate surface area is 111 Å². The molecule has 0 saturated heterocycles. The zero-order valence-electron chi connectivity index (χ0n) is 10.6. The summed E-state index contributed by atoms with van der Waals surface area (Å²) in [7, 11) is 0. The highest BCUT2D eigenvalue weighted by molar-refractivity contribution is 5.92. The van der Waals surface area contributed by atoms with Crippen molar-refractivity contribution in [1.29, 1.82) is 0 Å². The minimum absolute atomic E-state index is 0.0417. The van der Waals surface area contributed by atoms with Gasteiger partial charge in [0.25, 0.3) is 5.91 Å². The number of carbonyl (C=O) groups is 1. The molecule has 0 aliphatic rings. The highest BCUT2D eigenvalue weighted by atomic mass is 19.1. The fraction of sp³-hybridized carbons (Fsp3) is 0.200. The van der Waals surface area contributed by atoms with Crippen LogP contribution >= 0.6 is 0 Å². The molecule has 1 unspecified atom stereocenters. The lowest BCUT2D eigenvalue weighted by molar-refractivity contribution is 0.0934. The zero-order chi connectivity index (χ0) is 13.7. The number of carbonyl (C=O) groups excluding carboxylic acids is 1. The number of nitrogens with one attached hydrogen (secondary N) is 1. The number of amides is 1. The minimum atomic E-state index is -0.650. The Morgan fingerprint density at radius 1 is 1.21 bits per heavy atom. The van der Waals surface area contributed by atoms with E-state index in [1.54, 1.807) is 0 Å². The van der Waals surface area contributed by atoms with Gasteiger partial charge in [0.1, 0.15) is 5.69 Å². The summed E-state index contributed by atoms with van der Waals surface area (Å²) in [5.74, 6) is -1.01. The van der Waals surface area contributed by atoms with E-state index in [4.69, 9.17) is 0 Å². The topological polar surface area (TPSA) is 42.0 Å². The van der Waals surface area contributed by atoms with Crippen LogP contribution < -0.4 is 5.32 Å². The third-order valence-corrected chi connectivity index (χ3v) is 2.71. The van der Waals surface area contributed by atoms with Crippen molar-refractivity contribution >= 4 is 5.91 Å². The molecule has 2 aromatic rings. The average Bonchev–Trinajstić information content (AvgIpc) is 2.39. The van der Waals surface area contributed by atoms with Gasteiger partial charge in [0.2, 0.25) is 5.95 Å². The number of nitrogens with zero attached hydrogens (tertiary/aromatic N) is 1. The molecule has 1 aromatic carbocycles. The second-order valence-electron chi connectivity index (χ2n) is 4.41. The molecule has 0 saturated carbocycles. The van der Waals surface area contributed by atoms with Gasteiger partial charge in [-0.05, 0) is 31.0 Å². The van der Waals surface area contributed by atoms with Crippen molar-refractivity contribution in [1.82, 2.24) is 10.3 Å². The van der Waals surface area contributed by atoms with Crippen LogP contribution in [0.3, 0.4) is 0 Å². The van der Waals surface area contributed by atoms with Crippen molar-refractivity contribution in [2.24, 2.45) is 0 Å². The van der Waals surface area contributed by atoms with Crippen LogP contribution in [0.2, 0.25) is 0 Å². The van der Waals surface area contributed by atoms with Crippen molar-refractivity contribution in [2.45, 2.75) is 19.4 Å². The van der Waals surface area contributed by atoms with Gasteiger partial charge in [0.15, 0.2) is 0 Å². The van der Waals surface area contributed by atoms with E-state index in [1.807, 2.05) is 37.3 Å². The predicted molar refractivity (Wildman–Crippen MR) is 71.3 cm³/mol. The maximum absolute atomic E-state index is 12.9. The van der Waals surface area contributed by atoms with Crippen molar-refractivity contribution in [3.05, 3.63) is 65.7 Å². The molecule has 4 heteroatoms. The van der Waals surface area contributed by atoms with Crippen molar-refractivity contribution in [2.75, 3.05) is 0 Å². The molecule has 1 N–H and O–H groups in total.